The van der Waals surface area contributed by atoms with Crippen molar-refractivity contribution in [2.75, 3.05) is 0 Å². The molecule has 0 aromatic heterocycles. The van der Waals surface area contributed by atoms with Crippen LogP contribution < -0.4 is 0 Å². The highest BCUT2D eigenvalue weighted by Gasteiger charge is 2.41. The Morgan fingerprint density at radius 1 is 1.33 bits per heavy atom. The summed E-state index contributed by atoms with van der Waals surface area (Å²) in [5.74, 6) is 0. The Bertz CT molecular complexity index is 258. The lowest BCUT2D eigenvalue weighted by molar-refractivity contribution is 0.137. The van der Waals surface area contributed by atoms with E-state index in [1.54, 1.807) is 0 Å². The lowest BCUT2D eigenvalue weighted by Gasteiger charge is -2.06. The van der Waals surface area contributed by atoms with Gasteiger partial charge in [0.25, 0.3) is 0 Å². The highest BCUT2D eigenvalue weighted by molar-refractivity contribution is 5.20. The van der Waals surface area contributed by atoms with Crippen LogP contribution in [0.1, 0.15) is 18.6 Å². The van der Waals surface area contributed by atoms with Crippen molar-refractivity contribution >= 4 is 0 Å². The van der Waals surface area contributed by atoms with Gasteiger partial charge in [-0.15, -0.1) is 0 Å². The van der Waals surface area contributed by atoms with Gasteiger partial charge in [-0.2, -0.15) is 0 Å². The van der Waals surface area contributed by atoms with Crippen molar-refractivity contribution in [1.29, 1.82) is 0 Å². The molecule has 1 heterocycles. The largest absolute Gasteiger partial charge is 0.386 e. The van der Waals surface area contributed by atoms with Crippen molar-refractivity contribution in [2.24, 2.45) is 0 Å². The number of benzene rings is 1. The number of ether oxygens (including phenoxy) is 1. The van der Waals surface area contributed by atoms with Gasteiger partial charge < -0.3 is 9.84 Å². The van der Waals surface area contributed by atoms with Crippen molar-refractivity contribution in [1.82, 2.24) is 0 Å². The van der Waals surface area contributed by atoms with E-state index in [1.807, 2.05) is 37.3 Å². The summed E-state index contributed by atoms with van der Waals surface area (Å²) in [6.07, 6.45) is -0.242. The molecular formula is C10H12O2. The Hall–Kier alpha value is -0.860. The van der Waals surface area contributed by atoms with Gasteiger partial charge in [0.05, 0.1) is 6.10 Å². The molecular weight excluding hydrogens is 152 g/mol. The zero-order valence-corrected chi connectivity index (χ0v) is 6.97. The van der Waals surface area contributed by atoms with Crippen molar-refractivity contribution in [3.05, 3.63) is 35.9 Å². The normalized spacial score (nSPS) is 29.8. The molecule has 2 rings (SSSR count). The lowest BCUT2D eigenvalue weighted by atomic mass is 10.1. The second-order valence-corrected chi connectivity index (χ2v) is 3.16. The Morgan fingerprint density at radius 3 is 2.42 bits per heavy atom. The molecule has 0 unspecified atom stereocenters. The molecule has 1 aliphatic heterocycles. The van der Waals surface area contributed by atoms with Crippen molar-refractivity contribution in [3.8, 4) is 0 Å². The molecule has 1 N–H and O–H groups in total. The smallest absolute Gasteiger partial charge is 0.114 e. The summed E-state index contributed by atoms with van der Waals surface area (Å²) in [5, 5.41) is 9.71. The third-order valence-electron chi connectivity index (χ3n) is 2.21. The summed E-state index contributed by atoms with van der Waals surface area (Å²) in [4.78, 5) is 0. The monoisotopic (exact) mass is 164 g/mol. The molecule has 1 saturated heterocycles. The first-order valence-corrected chi connectivity index (χ1v) is 4.17. The van der Waals surface area contributed by atoms with Crippen LogP contribution in [0.4, 0.5) is 0 Å². The van der Waals surface area contributed by atoms with Gasteiger partial charge in [-0.25, -0.2) is 0 Å². The van der Waals surface area contributed by atoms with Crippen LogP contribution in [0.2, 0.25) is 0 Å². The summed E-state index contributed by atoms with van der Waals surface area (Å²) in [7, 11) is 0. The van der Waals surface area contributed by atoms with E-state index in [0.717, 1.165) is 5.56 Å². The molecule has 1 fully saturated rings. The first-order chi connectivity index (χ1) is 5.79. The van der Waals surface area contributed by atoms with E-state index in [4.69, 9.17) is 4.74 Å². The summed E-state index contributed by atoms with van der Waals surface area (Å²) in [6.45, 7) is 1.97. The first kappa shape index (κ1) is 7.77. The van der Waals surface area contributed by atoms with E-state index >= 15 is 0 Å². The quantitative estimate of drug-likeness (QED) is 0.672. The van der Waals surface area contributed by atoms with Gasteiger partial charge in [-0.05, 0) is 12.5 Å². The third-order valence-corrected chi connectivity index (χ3v) is 2.21. The molecule has 2 heteroatoms. The van der Waals surface area contributed by atoms with Crippen molar-refractivity contribution in [3.63, 3.8) is 0 Å². The predicted octanol–water partition coefficient (Wildman–Crippen LogP) is 1.51. The lowest BCUT2D eigenvalue weighted by Crippen LogP contribution is -2.06. The average Bonchev–Trinajstić information content (AvgIpc) is 2.83. The number of rotatable bonds is 2. The Kier molecular flexibility index (Phi) is 1.87. The number of aliphatic hydroxyl groups excluding tert-OH is 1. The maximum Gasteiger partial charge on any atom is 0.114 e. The third kappa shape index (κ3) is 1.36. The summed E-state index contributed by atoms with van der Waals surface area (Å²) < 4.78 is 5.18. The summed E-state index contributed by atoms with van der Waals surface area (Å²) in [6, 6.07) is 9.61. The van der Waals surface area contributed by atoms with Gasteiger partial charge in [0.2, 0.25) is 0 Å². The van der Waals surface area contributed by atoms with E-state index in [2.05, 4.69) is 0 Å². The van der Waals surface area contributed by atoms with Crippen molar-refractivity contribution in [2.45, 2.75) is 25.2 Å². The van der Waals surface area contributed by atoms with Gasteiger partial charge in [-0.1, -0.05) is 30.3 Å². The SMILES string of the molecule is C[C@@H]1O[C@@H]1[C@@H](O)c1ccccc1. The van der Waals surface area contributed by atoms with E-state index in [-0.39, 0.29) is 12.2 Å². The minimum absolute atomic E-state index is 0.00685. The van der Waals surface area contributed by atoms with E-state index in [9.17, 15) is 5.11 Å². The highest BCUT2D eigenvalue weighted by Crippen LogP contribution is 2.33. The summed E-state index contributed by atoms with van der Waals surface area (Å²) >= 11 is 0. The molecule has 12 heavy (non-hydrogen) atoms. The van der Waals surface area contributed by atoms with E-state index < -0.39 is 6.10 Å². The molecule has 0 amide bonds. The molecule has 3 atom stereocenters. The maximum absolute atomic E-state index is 9.71. The number of hydrogen-bond acceptors (Lipinski definition) is 2. The van der Waals surface area contributed by atoms with Gasteiger partial charge in [0, 0.05) is 0 Å². The molecule has 0 saturated carbocycles. The van der Waals surface area contributed by atoms with Crippen LogP contribution in [0.5, 0.6) is 0 Å². The van der Waals surface area contributed by atoms with E-state index in [1.165, 1.54) is 0 Å². The second kappa shape index (κ2) is 2.88. The van der Waals surface area contributed by atoms with Crippen LogP contribution in [-0.2, 0) is 4.74 Å². The van der Waals surface area contributed by atoms with Crippen molar-refractivity contribution < 1.29 is 9.84 Å². The fourth-order valence-electron chi connectivity index (χ4n) is 1.37. The molecule has 0 radical (unpaired) electrons. The molecule has 64 valence electrons. The van der Waals surface area contributed by atoms with Gasteiger partial charge in [-0.3, -0.25) is 0 Å². The summed E-state index contributed by atoms with van der Waals surface area (Å²) in [5.41, 5.74) is 0.937. The molecule has 1 aromatic rings. The van der Waals surface area contributed by atoms with Crippen LogP contribution >= 0.6 is 0 Å². The van der Waals surface area contributed by atoms with Crippen LogP contribution in [0, 0.1) is 0 Å². The standard InChI is InChI=1S/C10H12O2/c1-7-10(12-7)9(11)8-5-3-2-4-6-8/h2-7,9-11H,1H3/t7-,9-,10-/m0/s1. The van der Waals surface area contributed by atoms with Gasteiger partial charge in [0.15, 0.2) is 0 Å². The Morgan fingerprint density at radius 2 is 1.92 bits per heavy atom. The zero-order valence-electron chi connectivity index (χ0n) is 6.97. The van der Waals surface area contributed by atoms with Crippen LogP contribution in [0.15, 0.2) is 30.3 Å². The first-order valence-electron chi connectivity index (χ1n) is 4.17. The predicted molar refractivity (Wildman–Crippen MR) is 45.7 cm³/mol. The van der Waals surface area contributed by atoms with Gasteiger partial charge in [0.1, 0.15) is 12.2 Å². The highest BCUT2D eigenvalue weighted by atomic mass is 16.6. The fraction of sp³-hybridized carbons (Fsp3) is 0.400. The number of aliphatic hydroxyl groups is 1. The topological polar surface area (TPSA) is 32.8 Å². The number of hydrogen-bond donors (Lipinski definition) is 1. The average molecular weight is 164 g/mol. The van der Waals surface area contributed by atoms with Crippen LogP contribution in [0.25, 0.3) is 0 Å². The van der Waals surface area contributed by atoms with Crippen LogP contribution in [0.3, 0.4) is 0 Å². The molecule has 2 nitrogen and oxygen atoms in total. The zero-order chi connectivity index (χ0) is 8.55. The fourth-order valence-corrected chi connectivity index (χ4v) is 1.37. The maximum atomic E-state index is 9.71. The molecule has 0 aliphatic carbocycles. The number of epoxide rings is 1. The molecule has 0 bridgehead atoms. The van der Waals surface area contributed by atoms with E-state index in [0.29, 0.717) is 0 Å². The molecule has 0 spiro atoms. The minimum Gasteiger partial charge on any atom is -0.386 e. The Balaban J connectivity index is 2.10. The van der Waals surface area contributed by atoms with Crippen LogP contribution in [-0.4, -0.2) is 17.3 Å². The second-order valence-electron chi connectivity index (χ2n) is 3.16. The Labute approximate surface area is 71.8 Å². The molecule has 1 aromatic carbocycles. The minimum atomic E-state index is -0.457. The van der Waals surface area contributed by atoms with Gasteiger partial charge >= 0.3 is 0 Å². The molecule has 1 aliphatic rings.